The molecule has 0 radical (unpaired) electrons. The number of hydrogen-bond donors (Lipinski definition) is 1. The first-order chi connectivity index (χ1) is 6.91. The van der Waals surface area contributed by atoms with Gasteiger partial charge in [0.2, 0.25) is 0 Å². The lowest BCUT2D eigenvalue weighted by Gasteiger charge is -2.31. The van der Waals surface area contributed by atoms with Crippen molar-refractivity contribution in [3.05, 3.63) is 35.7 Å². The van der Waals surface area contributed by atoms with Gasteiger partial charge in [-0.05, 0) is 18.6 Å². The lowest BCUT2D eigenvalue weighted by atomic mass is 9.83. The molecule has 0 amide bonds. The minimum Gasteiger partial charge on any atom is -0.365 e. The summed E-state index contributed by atoms with van der Waals surface area (Å²) in [7, 11) is 0. The summed E-state index contributed by atoms with van der Waals surface area (Å²) in [5, 5.41) is 3.35. The Bertz CT molecular complexity index is 412. The Hall–Kier alpha value is -1.64. The van der Waals surface area contributed by atoms with Gasteiger partial charge in [0.25, 0.3) is 0 Å². The van der Waals surface area contributed by atoms with Crippen molar-refractivity contribution >= 4 is 12.4 Å². The molecule has 1 aliphatic carbocycles. The van der Waals surface area contributed by atoms with E-state index in [-0.39, 0.29) is 5.54 Å². The lowest BCUT2D eigenvalue weighted by molar-refractivity contribution is 0.433. The summed E-state index contributed by atoms with van der Waals surface area (Å²) in [6.07, 6.45) is 8.87. The second-order valence-electron chi connectivity index (χ2n) is 3.74. The van der Waals surface area contributed by atoms with Crippen LogP contribution in [-0.4, -0.2) is 17.9 Å². The van der Waals surface area contributed by atoms with E-state index in [9.17, 15) is 0 Å². The van der Waals surface area contributed by atoms with Crippen molar-refractivity contribution in [2.75, 3.05) is 6.54 Å². The van der Waals surface area contributed by atoms with E-state index < -0.39 is 0 Å². The lowest BCUT2D eigenvalue weighted by Crippen LogP contribution is -2.41. The second-order valence-corrected chi connectivity index (χ2v) is 3.74. The van der Waals surface area contributed by atoms with Gasteiger partial charge in [-0.3, -0.25) is 9.98 Å². The predicted molar refractivity (Wildman–Crippen MR) is 56.1 cm³/mol. The minimum absolute atomic E-state index is 0.0155. The molecule has 0 bridgehead atoms. The molecule has 1 atom stereocenters. The molecule has 2 heterocycles. The highest BCUT2D eigenvalue weighted by Crippen LogP contribution is 2.33. The molecule has 70 valence electrons. The average molecular weight is 185 g/mol. The molecule has 0 aromatic carbocycles. The maximum Gasteiger partial charge on any atom is 0.0884 e. The molecule has 0 saturated heterocycles. The zero-order valence-corrected chi connectivity index (χ0v) is 7.77. The molecule has 0 fully saturated rings. The second kappa shape index (κ2) is 2.67. The van der Waals surface area contributed by atoms with Crippen molar-refractivity contribution in [2.24, 2.45) is 4.99 Å². The smallest absolute Gasteiger partial charge is 0.0884 e. The predicted octanol–water partition coefficient (Wildman–Crippen LogP) is 1.33. The van der Waals surface area contributed by atoms with Gasteiger partial charge in [0, 0.05) is 11.8 Å². The summed E-state index contributed by atoms with van der Waals surface area (Å²) in [6, 6.07) is 4.12. The van der Waals surface area contributed by atoms with Crippen LogP contribution in [0.4, 0.5) is 0 Å². The van der Waals surface area contributed by atoms with Crippen molar-refractivity contribution in [1.29, 1.82) is 0 Å². The maximum atomic E-state index is 4.36. The number of aliphatic imine (C=N–C) groups is 1. The Kier molecular flexibility index (Phi) is 1.48. The van der Waals surface area contributed by atoms with E-state index in [4.69, 9.17) is 0 Å². The van der Waals surface area contributed by atoms with E-state index in [1.807, 2.05) is 12.3 Å². The molecular weight excluding hydrogens is 174 g/mol. The van der Waals surface area contributed by atoms with Crippen LogP contribution in [0.15, 0.2) is 29.4 Å². The summed E-state index contributed by atoms with van der Waals surface area (Å²) < 4.78 is 0. The third-order valence-electron chi connectivity index (χ3n) is 2.89. The van der Waals surface area contributed by atoms with Crippen LogP contribution >= 0.6 is 0 Å². The van der Waals surface area contributed by atoms with Crippen LogP contribution < -0.4 is 5.32 Å². The third kappa shape index (κ3) is 0.923. The normalized spacial score (nSPS) is 27.7. The number of rotatable bonds is 0. The molecular formula is C11H11N3. The molecule has 14 heavy (non-hydrogen) atoms. The summed E-state index contributed by atoms with van der Waals surface area (Å²) in [5.41, 5.74) is 2.31. The Morgan fingerprint density at radius 3 is 3.29 bits per heavy atom. The van der Waals surface area contributed by atoms with E-state index >= 15 is 0 Å². The maximum absolute atomic E-state index is 4.36. The monoisotopic (exact) mass is 185 g/mol. The highest BCUT2D eigenvalue weighted by atomic mass is 15.1. The van der Waals surface area contributed by atoms with Gasteiger partial charge in [-0.25, -0.2) is 0 Å². The standard InChI is InChI=1S/C11H11N3/c1-4-10-9(3-2-6-13-10)11(5-1)7-12-8-14-11/h1-4,6,8H,5,7H2,(H,12,14). The molecule has 1 aromatic rings. The number of hydrogen-bond acceptors (Lipinski definition) is 3. The van der Waals surface area contributed by atoms with Crippen LogP contribution in [0.1, 0.15) is 17.7 Å². The van der Waals surface area contributed by atoms with Gasteiger partial charge < -0.3 is 5.32 Å². The minimum atomic E-state index is -0.0155. The largest absolute Gasteiger partial charge is 0.365 e. The molecule has 3 rings (SSSR count). The van der Waals surface area contributed by atoms with Gasteiger partial charge in [-0.1, -0.05) is 12.1 Å². The first-order valence-corrected chi connectivity index (χ1v) is 4.79. The Balaban J connectivity index is 2.16. The Labute approximate surface area is 82.6 Å². The molecule has 1 spiro atoms. The van der Waals surface area contributed by atoms with Gasteiger partial charge in [-0.15, -0.1) is 0 Å². The highest BCUT2D eigenvalue weighted by molar-refractivity contribution is 5.64. The van der Waals surface area contributed by atoms with Crippen LogP contribution in [0.2, 0.25) is 0 Å². The summed E-state index contributed by atoms with van der Waals surface area (Å²) in [4.78, 5) is 8.62. The van der Waals surface area contributed by atoms with E-state index in [1.165, 1.54) is 5.56 Å². The van der Waals surface area contributed by atoms with Crippen molar-refractivity contribution in [3.8, 4) is 0 Å². The Morgan fingerprint density at radius 1 is 1.43 bits per heavy atom. The van der Waals surface area contributed by atoms with Gasteiger partial charge in [0.1, 0.15) is 0 Å². The van der Waals surface area contributed by atoms with E-state index in [0.717, 1.165) is 18.7 Å². The molecule has 1 aliphatic heterocycles. The molecule has 3 nitrogen and oxygen atoms in total. The van der Waals surface area contributed by atoms with Crippen molar-refractivity contribution < 1.29 is 0 Å². The molecule has 2 aliphatic rings. The van der Waals surface area contributed by atoms with Crippen LogP contribution in [0.5, 0.6) is 0 Å². The molecule has 0 saturated carbocycles. The summed E-state index contributed by atoms with van der Waals surface area (Å²) >= 11 is 0. The van der Waals surface area contributed by atoms with Crippen molar-refractivity contribution in [3.63, 3.8) is 0 Å². The fraction of sp³-hybridized carbons (Fsp3) is 0.273. The van der Waals surface area contributed by atoms with Crippen molar-refractivity contribution in [1.82, 2.24) is 10.3 Å². The third-order valence-corrected chi connectivity index (χ3v) is 2.89. The van der Waals surface area contributed by atoms with E-state index in [1.54, 1.807) is 6.34 Å². The first kappa shape index (κ1) is 7.74. The average Bonchev–Trinajstić information content (AvgIpc) is 2.68. The quantitative estimate of drug-likeness (QED) is 0.662. The number of pyridine rings is 1. The molecule has 1 aromatic heterocycles. The van der Waals surface area contributed by atoms with Crippen molar-refractivity contribution in [2.45, 2.75) is 12.0 Å². The van der Waals surface area contributed by atoms with Gasteiger partial charge >= 0.3 is 0 Å². The van der Waals surface area contributed by atoms with Crippen LogP contribution in [0.25, 0.3) is 6.08 Å². The van der Waals surface area contributed by atoms with Crippen LogP contribution in [0, 0.1) is 0 Å². The van der Waals surface area contributed by atoms with E-state index in [2.05, 4.69) is 33.5 Å². The first-order valence-electron chi connectivity index (χ1n) is 4.79. The summed E-state index contributed by atoms with van der Waals surface area (Å²) in [6.45, 7) is 0.816. The van der Waals surface area contributed by atoms with Crippen LogP contribution in [-0.2, 0) is 5.54 Å². The van der Waals surface area contributed by atoms with Gasteiger partial charge in [-0.2, -0.15) is 0 Å². The van der Waals surface area contributed by atoms with Crippen LogP contribution in [0.3, 0.4) is 0 Å². The van der Waals surface area contributed by atoms with E-state index in [0.29, 0.717) is 0 Å². The fourth-order valence-corrected chi connectivity index (χ4v) is 2.14. The number of nitrogens with zero attached hydrogens (tertiary/aromatic N) is 2. The topological polar surface area (TPSA) is 37.3 Å². The molecule has 1 unspecified atom stereocenters. The highest BCUT2D eigenvalue weighted by Gasteiger charge is 2.36. The van der Waals surface area contributed by atoms with Gasteiger partial charge in [0.05, 0.1) is 24.1 Å². The SMILES string of the molecule is C1=Cc2ncccc2C2(C1)CN=CN2. The Morgan fingerprint density at radius 2 is 2.43 bits per heavy atom. The van der Waals surface area contributed by atoms with Gasteiger partial charge in [0.15, 0.2) is 0 Å². The molecule has 3 heteroatoms. The number of fused-ring (bicyclic) bond motifs is 2. The fourth-order valence-electron chi connectivity index (χ4n) is 2.14. The molecule has 1 N–H and O–H groups in total. The number of aromatic nitrogens is 1. The number of nitrogens with one attached hydrogen (secondary N) is 1. The zero-order chi connectivity index (χ0) is 9.43. The summed E-state index contributed by atoms with van der Waals surface area (Å²) in [5.74, 6) is 0. The zero-order valence-electron chi connectivity index (χ0n) is 7.77.